The van der Waals surface area contributed by atoms with E-state index >= 15 is 0 Å². The molecule has 0 atom stereocenters. The van der Waals surface area contributed by atoms with Crippen LogP contribution in [0.15, 0.2) is 35.8 Å². The summed E-state index contributed by atoms with van der Waals surface area (Å²) >= 11 is 7.06. The lowest BCUT2D eigenvalue weighted by Gasteiger charge is -2.01. The van der Waals surface area contributed by atoms with Gasteiger partial charge in [-0.05, 0) is 23.6 Å². The molecule has 0 bridgehead atoms. The minimum Gasteiger partial charge on any atom is -0.306 e. The molecule has 0 aliphatic carbocycles. The van der Waals surface area contributed by atoms with Gasteiger partial charge < -0.3 is 5.32 Å². The Kier molecular flexibility index (Phi) is 2.99. The molecule has 2 rings (SSSR count). The Morgan fingerprint density at radius 1 is 1.40 bits per heavy atom. The summed E-state index contributed by atoms with van der Waals surface area (Å²) in [5.74, 6) is 0.345. The summed E-state index contributed by atoms with van der Waals surface area (Å²) in [5, 5.41) is 5.07. The fourth-order valence-electron chi connectivity index (χ4n) is 1.04. The zero-order chi connectivity index (χ0) is 10.7. The van der Waals surface area contributed by atoms with Gasteiger partial charge in [0.05, 0.1) is 9.90 Å². The lowest BCUT2D eigenvalue weighted by molar-refractivity contribution is 0.103. The van der Waals surface area contributed by atoms with E-state index in [2.05, 4.69) is 10.3 Å². The van der Waals surface area contributed by atoms with Crippen LogP contribution >= 0.6 is 22.9 Å². The molecule has 0 spiro atoms. The Morgan fingerprint density at radius 3 is 2.87 bits per heavy atom. The Balaban J connectivity index is 2.09. The second kappa shape index (κ2) is 4.42. The van der Waals surface area contributed by atoms with Crippen molar-refractivity contribution < 1.29 is 4.79 Å². The number of nitrogens with zero attached hydrogens (tertiary/aromatic N) is 1. The number of aromatic nitrogens is 1. The highest BCUT2D eigenvalue weighted by Crippen LogP contribution is 2.13. The van der Waals surface area contributed by atoms with Crippen molar-refractivity contribution in [2.24, 2.45) is 0 Å². The van der Waals surface area contributed by atoms with Crippen LogP contribution in [0.1, 0.15) is 9.67 Å². The van der Waals surface area contributed by atoms with E-state index in [1.54, 1.807) is 18.2 Å². The number of hydrogen-bond acceptors (Lipinski definition) is 3. The predicted molar refractivity (Wildman–Crippen MR) is 61.5 cm³/mol. The maximum absolute atomic E-state index is 11.6. The van der Waals surface area contributed by atoms with Gasteiger partial charge in [0.2, 0.25) is 0 Å². The van der Waals surface area contributed by atoms with Crippen molar-refractivity contribution in [2.45, 2.75) is 0 Å². The van der Waals surface area contributed by atoms with E-state index < -0.39 is 0 Å². The van der Waals surface area contributed by atoms with Gasteiger partial charge in [0, 0.05) is 6.20 Å². The number of carbonyl (C=O) groups is 1. The maximum atomic E-state index is 11.6. The maximum Gasteiger partial charge on any atom is 0.266 e. The molecule has 2 aromatic rings. The molecule has 0 aromatic carbocycles. The molecular formula is C10H7ClN2OS. The van der Waals surface area contributed by atoms with Crippen molar-refractivity contribution in [1.29, 1.82) is 0 Å². The minimum absolute atomic E-state index is 0.153. The molecule has 0 aliphatic heterocycles. The highest BCUT2D eigenvalue weighted by molar-refractivity contribution is 7.12. The normalized spacial score (nSPS) is 9.93. The summed E-state index contributed by atoms with van der Waals surface area (Å²) in [7, 11) is 0. The zero-order valence-electron chi connectivity index (χ0n) is 7.61. The first-order valence-corrected chi connectivity index (χ1v) is 5.48. The van der Waals surface area contributed by atoms with Crippen molar-refractivity contribution in [3.63, 3.8) is 0 Å². The number of nitrogens with one attached hydrogen (secondary N) is 1. The number of hydrogen-bond donors (Lipinski definition) is 1. The van der Waals surface area contributed by atoms with Crippen LogP contribution in [0.3, 0.4) is 0 Å². The highest BCUT2D eigenvalue weighted by atomic mass is 35.5. The standard InChI is InChI=1S/C10H7ClN2OS/c11-7-3-4-9(12-6-7)13-10(14)8-2-1-5-15-8/h1-6H,(H,12,13,14). The van der Waals surface area contributed by atoms with E-state index in [9.17, 15) is 4.79 Å². The number of thiophene rings is 1. The lowest BCUT2D eigenvalue weighted by atomic mass is 10.4. The molecular weight excluding hydrogens is 232 g/mol. The molecule has 15 heavy (non-hydrogen) atoms. The van der Waals surface area contributed by atoms with Crippen LogP contribution in [0.4, 0.5) is 5.82 Å². The molecule has 0 unspecified atom stereocenters. The second-order valence-corrected chi connectivity index (χ2v) is 4.18. The third-order valence-corrected chi connectivity index (χ3v) is 2.81. The van der Waals surface area contributed by atoms with Gasteiger partial charge in [0.1, 0.15) is 5.82 Å². The third kappa shape index (κ3) is 2.55. The van der Waals surface area contributed by atoms with Gasteiger partial charge in [-0.25, -0.2) is 4.98 Å². The summed E-state index contributed by atoms with van der Waals surface area (Å²) in [6.45, 7) is 0. The quantitative estimate of drug-likeness (QED) is 0.874. The molecule has 0 fully saturated rings. The number of rotatable bonds is 2. The molecule has 1 amide bonds. The van der Waals surface area contributed by atoms with E-state index in [1.165, 1.54) is 17.5 Å². The van der Waals surface area contributed by atoms with Crippen LogP contribution in [0, 0.1) is 0 Å². The van der Waals surface area contributed by atoms with Crippen molar-refractivity contribution in [3.05, 3.63) is 45.7 Å². The Morgan fingerprint density at radius 2 is 2.27 bits per heavy atom. The van der Waals surface area contributed by atoms with Crippen LogP contribution in [0.2, 0.25) is 5.02 Å². The summed E-state index contributed by atoms with van der Waals surface area (Å²) < 4.78 is 0. The van der Waals surface area contributed by atoms with Crippen molar-refractivity contribution in [3.8, 4) is 0 Å². The molecule has 5 heteroatoms. The van der Waals surface area contributed by atoms with Crippen LogP contribution in [-0.2, 0) is 0 Å². The SMILES string of the molecule is O=C(Nc1ccc(Cl)cn1)c1cccs1. The topological polar surface area (TPSA) is 42.0 Å². The molecule has 1 N–H and O–H groups in total. The first-order valence-electron chi connectivity index (χ1n) is 4.22. The largest absolute Gasteiger partial charge is 0.306 e. The van der Waals surface area contributed by atoms with Crippen molar-refractivity contribution in [2.75, 3.05) is 5.32 Å². The predicted octanol–water partition coefficient (Wildman–Crippen LogP) is 3.05. The molecule has 0 saturated carbocycles. The second-order valence-electron chi connectivity index (χ2n) is 2.79. The zero-order valence-corrected chi connectivity index (χ0v) is 9.18. The van der Waals surface area contributed by atoms with E-state index in [1.807, 2.05) is 11.4 Å². The van der Waals surface area contributed by atoms with E-state index in [4.69, 9.17) is 11.6 Å². The van der Waals surface area contributed by atoms with Crippen LogP contribution in [0.25, 0.3) is 0 Å². The number of halogens is 1. The van der Waals surface area contributed by atoms with Gasteiger partial charge in [-0.15, -0.1) is 11.3 Å². The van der Waals surface area contributed by atoms with Gasteiger partial charge in [0.25, 0.3) is 5.91 Å². The van der Waals surface area contributed by atoms with E-state index in [-0.39, 0.29) is 5.91 Å². The van der Waals surface area contributed by atoms with Crippen molar-refractivity contribution >= 4 is 34.7 Å². The van der Waals surface area contributed by atoms with Gasteiger partial charge in [0.15, 0.2) is 0 Å². The highest BCUT2D eigenvalue weighted by Gasteiger charge is 2.06. The van der Waals surface area contributed by atoms with Crippen molar-refractivity contribution in [1.82, 2.24) is 4.98 Å². The first kappa shape index (κ1) is 10.1. The molecule has 0 aliphatic rings. The summed E-state index contributed by atoms with van der Waals surface area (Å²) in [5.41, 5.74) is 0. The minimum atomic E-state index is -0.153. The summed E-state index contributed by atoms with van der Waals surface area (Å²) in [6.07, 6.45) is 1.49. The fraction of sp³-hybridized carbons (Fsp3) is 0. The molecule has 0 saturated heterocycles. The molecule has 0 radical (unpaired) electrons. The Bertz CT molecular complexity index is 453. The average molecular weight is 239 g/mol. The monoisotopic (exact) mass is 238 g/mol. The van der Waals surface area contributed by atoms with Gasteiger partial charge in [-0.3, -0.25) is 4.79 Å². The summed E-state index contributed by atoms with van der Waals surface area (Å²) in [6, 6.07) is 6.93. The number of amides is 1. The van der Waals surface area contributed by atoms with Gasteiger partial charge >= 0.3 is 0 Å². The Hall–Kier alpha value is -1.39. The fourth-order valence-corrected chi connectivity index (χ4v) is 1.77. The van der Waals surface area contributed by atoms with E-state index in [0.29, 0.717) is 15.7 Å². The number of anilines is 1. The van der Waals surface area contributed by atoms with Crippen LogP contribution < -0.4 is 5.32 Å². The smallest absolute Gasteiger partial charge is 0.266 e. The van der Waals surface area contributed by atoms with Gasteiger partial charge in [-0.2, -0.15) is 0 Å². The summed E-state index contributed by atoms with van der Waals surface area (Å²) in [4.78, 5) is 16.2. The Labute approximate surface area is 95.7 Å². The molecule has 2 heterocycles. The number of carbonyl (C=O) groups excluding carboxylic acids is 1. The van der Waals surface area contributed by atoms with E-state index in [0.717, 1.165) is 0 Å². The lowest BCUT2D eigenvalue weighted by Crippen LogP contribution is -2.10. The van der Waals surface area contributed by atoms with Gasteiger partial charge in [-0.1, -0.05) is 17.7 Å². The third-order valence-electron chi connectivity index (χ3n) is 1.71. The first-order chi connectivity index (χ1) is 7.25. The van der Waals surface area contributed by atoms with Crippen LogP contribution in [-0.4, -0.2) is 10.9 Å². The molecule has 76 valence electrons. The average Bonchev–Trinajstić information content (AvgIpc) is 2.74. The van der Waals surface area contributed by atoms with Crippen LogP contribution in [0.5, 0.6) is 0 Å². The molecule has 3 nitrogen and oxygen atoms in total. The number of pyridine rings is 1. The molecule has 2 aromatic heterocycles.